The van der Waals surface area contributed by atoms with Gasteiger partial charge in [-0.25, -0.2) is 4.79 Å². The van der Waals surface area contributed by atoms with Crippen molar-refractivity contribution < 1.29 is 29.6 Å². The Kier molecular flexibility index (Phi) is 5.69. The first-order valence-corrected chi connectivity index (χ1v) is 13.5. The Bertz CT molecular complexity index is 1290. The summed E-state index contributed by atoms with van der Waals surface area (Å²) >= 11 is 0. The molecule has 1 aromatic carbocycles. The lowest BCUT2D eigenvalue weighted by Crippen LogP contribution is -2.66. The molecule has 38 heavy (non-hydrogen) atoms. The van der Waals surface area contributed by atoms with Crippen molar-refractivity contribution in [2.45, 2.75) is 72.7 Å². The summed E-state index contributed by atoms with van der Waals surface area (Å²) in [6, 6.07) is 9.29. The van der Waals surface area contributed by atoms with Crippen LogP contribution >= 0.6 is 0 Å². The average Bonchev–Trinajstić information content (AvgIpc) is 3.13. The van der Waals surface area contributed by atoms with Gasteiger partial charge in [-0.3, -0.25) is 4.79 Å². The summed E-state index contributed by atoms with van der Waals surface area (Å²) < 4.78 is 5.86. The number of esters is 1. The molecule has 4 aliphatic rings. The first-order valence-electron chi connectivity index (χ1n) is 13.5. The van der Waals surface area contributed by atoms with Gasteiger partial charge in [-0.15, -0.1) is 0 Å². The van der Waals surface area contributed by atoms with Crippen molar-refractivity contribution in [1.29, 1.82) is 0 Å². The van der Waals surface area contributed by atoms with Crippen molar-refractivity contribution in [1.82, 2.24) is 0 Å². The number of carbonyl (C=O) groups excluding carboxylic acids is 2. The lowest BCUT2D eigenvalue weighted by molar-refractivity contribution is -0.203. The van der Waals surface area contributed by atoms with Crippen LogP contribution in [-0.4, -0.2) is 51.5 Å². The van der Waals surface area contributed by atoms with Gasteiger partial charge in [0.1, 0.15) is 6.10 Å². The highest BCUT2D eigenvalue weighted by atomic mass is 16.6. The van der Waals surface area contributed by atoms with Gasteiger partial charge in [-0.05, 0) is 65.2 Å². The van der Waals surface area contributed by atoms with Gasteiger partial charge in [0.05, 0.1) is 17.4 Å². The number of carbonyl (C=O) groups is 2. The van der Waals surface area contributed by atoms with Crippen LogP contribution in [0.3, 0.4) is 0 Å². The molecule has 2 bridgehead atoms. The molecule has 3 N–H and O–H groups in total. The number of ketones is 1. The van der Waals surface area contributed by atoms with Gasteiger partial charge < -0.3 is 20.1 Å². The SMILES string of the molecule is CC1=C[C@]23C(=O)[C@@](C)(C=C(CO)[C@@H](O)[C@]2(O)[C@H]1OC(=O)/C=C/c1ccccc1)[C@]1(C)C(C)(C)[C@]1(C)C[C@H]3C. The van der Waals surface area contributed by atoms with E-state index < -0.39 is 46.6 Å². The van der Waals surface area contributed by atoms with E-state index in [0.29, 0.717) is 12.0 Å². The molecular formula is C32H40O6. The molecule has 0 unspecified atom stereocenters. The molecule has 8 atom stereocenters. The number of ether oxygens (including phenoxy) is 1. The van der Waals surface area contributed by atoms with Crippen molar-refractivity contribution in [2.24, 2.45) is 33.0 Å². The quantitative estimate of drug-likeness (QED) is 0.312. The van der Waals surface area contributed by atoms with Crippen LogP contribution in [0.4, 0.5) is 0 Å². The predicted molar refractivity (Wildman–Crippen MR) is 145 cm³/mol. The van der Waals surface area contributed by atoms with Gasteiger partial charge in [0.2, 0.25) is 0 Å². The predicted octanol–water partition coefficient (Wildman–Crippen LogP) is 4.25. The maximum Gasteiger partial charge on any atom is 0.331 e. The van der Waals surface area contributed by atoms with E-state index >= 15 is 0 Å². The monoisotopic (exact) mass is 520 g/mol. The molecule has 4 aliphatic carbocycles. The second-order valence-electron chi connectivity index (χ2n) is 13.1. The third-order valence-electron chi connectivity index (χ3n) is 11.8. The molecule has 2 fully saturated rings. The summed E-state index contributed by atoms with van der Waals surface area (Å²) in [7, 11) is 0. The molecule has 1 aromatic rings. The first kappa shape index (κ1) is 27.0. The summed E-state index contributed by atoms with van der Waals surface area (Å²) in [5.74, 6) is -1.26. The summed E-state index contributed by atoms with van der Waals surface area (Å²) in [6.45, 7) is 13.7. The smallest absolute Gasteiger partial charge is 0.331 e. The van der Waals surface area contributed by atoms with Crippen molar-refractivity contribution in [3.05, 3.63) is 65.3 Å². The summed E-state index contributed by atoms with van der Waals surface area (Å²) in [5, 5.41) is 34.8. The van der Waals surface area contributed by atoms with E-state index in [1.807, 2.05) is 44.2 Å². The third kappa shape index (κ3) is 2.79. The minimum atomic E-state index is -2.18. The van der Waals surface area contributed by atoms with Crippen LogP contribution in [-0.2, 0) is 14.3 Å². The van der Waals surface area contributed by atoms with E-state index in [0.717, 1.165) is 5.56 Å². The molecule has 0 aromatic heterocycles. The van der Waals surface area contributed by atoms with Crippen LogP contribution in [0, 0.1) is 33.0 Å². The van der Waals surface area contributed by atoms with E-state index in [-0.39, 0.29) is 28.1 Å². The van der Waals surface area contributed by atoms with E-state index in [9.17, 15) is 24.9 Å². The zero-order valence-electron chi connectivity index (χ0n) is 23.4. The van der Waals surface area contributed by atoms with Crippen molar-refractivity contribution in [3.63, 3.8) is 0 Å². The fourth-order valence-corrected chi connectivity index (χ4v) is 9.19. The van der Waals surface area contributed by atoms with Crippen molar-refractivity contribution in [2.75, 3.05) is 6.61 Å². The Morgan fingerprint density at radius 2 is 1.74 bits per heavy atom. The highest BCUT2D eigenvalue weighted by Crippen LogP contribution is 2.88. The number of hydrogen-bond acceptors (Lipinski definition) is 6. The van der Waals surface area contributed by atoms with E-state index in [1.165, 1.54) is 6.08 Å². The van der Waals surface area contributed by atoms with Crippen molar-refractivity contribution >= 4 is 17.8 Å². The standard InChI is InChI=1S/C32H40O6/c1-19-15-31-20(2)16-29(6)27(3,4)30(29,7)28(5,26(31)36)17-22(18-33)24(35)32(31,37)25(19)38-23(34)14-13-21-11-9-8-10-12-21/h8-15,17,20,24-25,33,35,37H,16,18H2,1-7H3/b14-13+/t20-,24-,25+,28-,29+,30+,31+,32+/m1/s1. The van der Waals surface area contributed by atoms with Crippen LogP contribution in [0.5, 0.6) is 0 Å². The molecule has 204 valence electrons. The maximum absolute atomic E-state index is 15.0. The fourth-order valence-electron chi connectivity index (χ4n) is 9.19. The van der Waals surface area contributed by atoms with Crippen LogP contribution in [0.15, 0.2) is 59.7 Å². The highest BCUT2D eigenvalue weighted by molar-refractivity contribution is 5.99. The number of allylic oxidation sites excluding steroid dienone is 1. The summed E-state index contributed by atoms with van der Waals surface area (Å²) in [6.07, 6.45) is 4.13. The number of rotatable bonds is 4. The topological polar surface area (TPSA) is 104 Å². The minimum absolute atomic E-state index is 0.176. The Balaban J connectivity index is 1.65. The Hall–Kier alpha value is -2.54. The molecule has 0 aliphatic heterocycles. The molecule has 0 saturated heterocycles. The molecule has 1 spiro atoms. The maximum atomic E-state index is 15.0. The normalized spacial score (nSPS) is 44.9. The lowest BCUT2D eigenvalue weighted by Gasteiger charge is -2.50. The molecule has 6 nitrogen and oxygen atoms in total. The summed E-state index contributed by atoms with van der Waals surface area (Å²) in [5.41, 5.74) is -4.19. The number of Topliss-reactive ketones (excluding diaryl/α,β-unsaturated/α-hetero) is 1. The Labute approximate surface area is 225 Å². The van der Waals surface area contributed by atoms with E-state index in [4.69, 9.17) is 4.74 Å². The molecule has 5 rings (SSSR count). The second-order valence-corrected chi connectivity index (χ2v) is 13.1. The third-order valence-corrected chi connectivity index (χ3v) is 11.8. The van der Waals surface area contributed by atoms with Crippen LogP contribution < -0.4 is 0 Å². The van der Waals surface area contributed by atoms with Gasteiger partial charge in [0.15, 0.2) is 17.5 Å². The fraction of sp³-hybridized carbons (Fsp3) is 0.562. The van der Waals surface area contributed by atoms with Crippen molar-refractivity contribution in [3.8, 4) is 0 Å². The number of hydrogen-bond donors (Lipinski definition) is 3. The number of aliphatic hydroxyl groups is 3. The Morgan fingerprint density at radius 1 is 1.11 bits per heavy atom. The minimum Gasteiger partial charge on any atom is -0.451 e. The van der Waals surface area contributed by atoms with E-state index in [2.05, 4.69) is 27.7 Å². The molecule has 2 saturated carbocycles. The van der Waals surface area contributed by atoms with Gasteiger partial charge in [-0.2, -0.15) is 0 Å². The molecule has 0 amide bonds. The highest BCUT2D eigenvalue weighted by Gasteiger charge is 2.88. The second kappa shape index (κ2) is 8.00. The Morgan fingerprint density at radius 3 is 2.34 bits per heavy atom. The van der Waals surface area contributed by atoms with E-state index in [1.54, 1.807) is 25.2 Å². The number of fused-ring (bicyclic) bond motifs is 3. The average molecular weight is 521 g/mol. The zero-order chi connectivity index (χ0) is 28.1. The first-order chi connectivity index (χ1) is 17.6. The van der Waals surface area contributed by atoms with Gasteiger partial charge >= 0.3 is 5.97 Å². The van der Waals surface area contributed by atoms with Crippen LogP contribution in [0.2, 0.25) is 0 Å². The molecular weight excluding hydrogens is 480 g/mol. The largest absolute Gasteiger partial charge is 0.451 e. The molecule has 6 heteroatoms. The number of aliphatic hydroxyl groups excluding tert-OH is 2. The summed E-state index contributed by atoms with van der Waals surface area (Å²) in [4.78, 5) is 28.0. The number of benzene rings is 1. The van der Waals surface area contributed by atoms with Gasteiger partial charge in [-0.1, -0.05) is 77.1 Å². The lowest BCUT2D eigenvalue weighted by atomic mass is 9.55. The zero-order valence-corrected chi connectivity index (χ0v) is 23.4. The van der Waals surface area contributed by atoms with Crippen LogP contribution in [0.25, 0.3) is 6.08 Å². The van der Waals surface area contributed by atoms with Gasteiger partial charge in [0.25, 0.3) is 0 Å². The molecule has 0 radical (unpaired) electrons. The molecule has 0 heterocycles. The van der Waals surface area contributed by atoms with Crippen LogP contribution in [0.1, 0.15) is 60.5 Å². The van der Waals surface area contributed by atoms with Gasteiger partial charge in [0, 0.05) is 6.08 Å².